The molecule has 1 N–H and O–H groups in total. The van der Waals surface area contributed by atoms with Gasteiger partial charge in [0.25, 0.3) is 0 Å². The average Bonchev–Trinajstić information content (AvgIpc) is 2.78. The SMILES string of the molecule is Cc1ccc([S@](=O)[C@H](C)[C@@](C)(NC(=O)OCc2ccccc2)c2ccccc2)cc1. The fourth-order valence-electron chi connectivity index (χ4n) is 3.25. The summed E-state index contributed by atoms with van der Waals surface area (Å²) < 4.78 is 18.8. The Morgan fingerprint density at radius 2 is 1.53 bits per heavy atom. The highest BCUT2D eigenvalue weighted by atomic mass is 32.2. The van der Waals surface area contributed by atoms with Crippen molar-refractivity contribution < 1.29 is 13.7 Å². The van der Waals surface area contributed by atoms with Crippen LogP contribution < -0.4 is 5.32 Å². The van der Waals surface area contributed by atoms with Gasteiger partial charge in [-0.25, -0.2) is 4.79 Å². The quantitative estimate of drug-likeness (QED) is 0.561. The van der Waals surface area contributed by atoms with E-state index in [1.807, 2.05) is 106 Å². The van der Waals surface area contributed by atoms with Gasteiger partial charge in [-0.3, -0.25) is 4.21 Å². The number of alkyl carbamates (subject to hydrolysis) is 1. The number of hydrogen-bond acceptors (Lipinski definition) is 3. The number of nitrogens with one attached hydrogen (secondary N) is 1. The van der Waals surface area contributed by atoms with Crippen LogP contribution in [0.1, 0.15) is 30.5 Å². The van der Waals surface area contributed by atoms with E-state index in [9.17, 15) is 9.00 Å². The van der Waals surface area contributed by atoms with Crippen molar-refractivity contribution in [2.45, 2.75) is 43.1 Å². The lowest BCUT2D eigenvalue weighted by Crippen LogP contribution is -2.52. The first-order valence-corrected chi connectivity index (χ1v) is 11.1. The summed E-state index contributed by atoms with van der Waals surface area (Å²) in [5.41, 5.74) is 2.00. The van der Waals surface area contributed by atoms with E-state index in [-0.39, 0.29) is 6.61 Å². The van der Waals surface area contributed by atoms with Crippen LogP contribution in [-0.2, 0) is 27.7 Å². The second-order valence-electron chi connectivity index (χ2n) is 7.51. The molecule has 0 radical (unpaired) electrons. The van der Waals surface area contributed by atoms with Crippen LogP contribution in [-0.4, -0.2) is 15.6 Å². The van der Waals surface area contributed by atoms with E-state index in [1.165, 1.54) is 0 Å². The summed E-state index contributed by atoms with van der Waals surface area (Å²) in [5.74, 6) is 0. The van der Waals surface area contributed by atoms with E-state index in [1.54, 1.807) is 0 Å². The maximum atomic E-state index is 13.4. The van der Waals surface area contributed by atoms with E-state index in [0.29, 0.717) is 0 Å². The van der Waals surface area contributed by atoms with Crippen molar-refractivity contribution in [3.8, 4) is 0 Å². The monoisotopic (exact) mass is 421 g/mol. The summed E-state index contributed by atoms with van der Waals surface area (Å²) in [6.45, 7) is 5.95. The van der Waals surface area contributed by atoms with Gasteiger partial charge >= 0.3 is 6.09 Å². The van der Waals surface area contributed by atoms with Gasteiger partial charge in [0.2, 0.25) is 0 Å². The summed E-state index contributed by atoms with van der Waals surface area (Å²) in [6, 6.07) is 26.8. The lowest BCUT2D eigenvalue weighted by atomic mass is 9.89. The number of aryl methyl sites for hydroxylation is 1. The normalized spacial score (nSPS) is 14.9. The minimum absolute atomic E-state index is 0.174. The first-order chi connectivity index (χ1) is 14.4. The molecule has 156 valence electrons. The Morgan fingerprint density at radius 1 is 0.967 bits per heavy atom. The van der Waals surface area contributed by atoms with Crippen LogP contribution in [0.3, 0.4) is 0 Å². The summed E-state index contributed by atoms with van der Waals surface area (Å²) >= 11 is 0. The smallest absolute Gasteiger partial charge is 0.408 e. The Labute approximate surface area is 180 Å². The zero-order valence-corrected chi connectivity index (χ0v) is 18.3. The molecule has 0 heterocycles. The zero-order valence-electron chi connectivity index (χ0n) is 17.5. The van der Waals surface area contributed by atoms with Crippen molar-refractivity contribution in [3.63, 3.8) is 0 Å². The molecule has 0 aliphatic rings. The highest BCUT2D eigenvalue weighted by molar-refractivity contribution is 7.85. The first-order valence-electron chi connectivity index (χ1n) is 9.92. The molecule has 4 nitrogen and oxygen atoms in total. The molecule has 3 aromatic carbocycles. The van der Waals surface area contributed by atoms with Crippen molar-refractivity contribution in [1.29, 1.82) is 0 Å². The molecule has 0 unspecified atom stereocenters. The van der Waals surface area contributed by atoms with Gasteiger partial charge in [0.15, 0.2) is 0 Å². The van der Waals surface area contributed by atoms with Crippen molar-refractivity contribution in [1.82, 2.24) is 5.32 Å². The molecule has 1 amide bonds. The number of carbonyl (C=O) groups excluding carboxylic acids is 1. The summed E-state index contributed by atoms with van der Waals surface area (Å²) in [4.78, 5) is 13.4. The van der Waals surface area contributed by atoms with Crippen LogP contribution >= 0.6 is 0 Å². The highest BCUT2D eigenvalue weighted by Gasteiger charge is 2.39. The molecule has 0 aliphatic heterocycles. The second kappa shape index (κ2) is 9.72. The molecule has 3 aromatic rings. The molecule has 5 heteroatoms. The summed E-state index contributed by atoms with van der Waals surface area (Å²) in [7, 11) is -1.33. The number of benzene rings is 3. The number of carbonyl (C=O) groups is 1. The molecular formula is C25H27NO3S. The maximum absolute atomic E-state index is 13.4. The third-order valence-electron chi connectivity index (χ3n) is 5.34. The third-order valence-corrected chi connectivity index (χ3v) is 7.19. The van der Waals surface area contributed by atoms with Crippen molar-refractivity contribution in [2.24, 2.45) is 0 Å². The van der Waals surface area contributed by atoms with Crippen molar-refractivity contribution in [2.75, 3.05) is 0 Å². The van der Waals surface area contributed by atoms with Crippen LogP contribution in [0.5, 0.6) is 0 Å². The molecule has 0 spiro atoms. The molecule has 3 atom stereocenters. The van der Waals surface area contributed by atoms with Crippen molar-refractivity contribution >= 4 is 16.9 Å². The average molecular weight is 422 g/mol. The first kappa shape index (κ1) is 21.8. The minimum atomic E-state index is -1.33. The fraction of sp³-hybridized carbons (Fsp3) is 0.240. The lowest BCUT2D eigenvalue weighted by Gasteiger charge is -2.36. The Hall–Kier alpha value is -2.92. The van der Waals surface area contributed by atoms with E-state index >= 15 is 0 Å². The van der Waals surface area contributed by atoms with Gasteiger partial charge in [-0.2, -0.15) is 0 Å². The fourth-order valence-corrected chi connectivity index (χ4v) is 4.69. The van der Waals surface area contributed by atoms with E-state index < -0.39 is 27.7 Å². The standard InChI is InChI=1S/C25H27NO3S/c1-19-14-16-23(17-15-19)30(28)20(2)25(3,22-12-8-5-9-13-22)26-24(27)29-18-21-10-6-4-7-11-21/h4-17,20H,18H2,1-3H3,(H,26,27)/t20-,25-,30-/m1/s1. The van der Waals surface area contributed by atoms with Gasteiger partial charge in [0.05, 0.1) is 21.6 Å². The molecule has 30 heavy (non-hydrogen) atoms. The van der Waals surface area contributed by atoms with E-state index in [2.05, 4.69) is 5.32 Å². The lowest BCUT2D eigenvalue weighted by molar-refractivity contribution is 0.127. The van der Waals surface area contributed by atoms with Crippen LogP contribution in [0.2, 0.25) is 0 Å². The molecule has 0 aliphatic carbocycles. The Kier molecular flexibility index (Phi) is 7.06. The molecular weight excluding hydrogens is 394 g/mol. The van der Waals surface area contributed by atoms with Gasteiger partial charge in [0.1, 0.15) is 6.61 Å². The molecule has 0 bridgehead atoms. The minimum Gasteiger partial charge on any atom is -0.445 e. The van der Waals surface area contributed by atoms with Gasteiger partial charge in [0, 0.05) is 4.90 Å². The Bertz CT molecular complexity index is 990. The summed E-state index contributed by atoms with van der Waals surface area (Å²) in [5, 5.41) is 2.59. The number of hydrogen-bond donors (Lipinski definition) is 1. The van der Waals surface area contributed by atoms with Crippen LogP contribution in [0.15, 0.2) is 89.8 Å². The maximum Gasteiger partial charge on any atom is 0.408 e. The summed E-state index contributed by atoms with van der Waals surface area (Å²) in [6.07, 6.45) is -0.544. The van der Waals surface area contributed by atoms with Crippen LogP contribution in [0.4, 0.5) is 4.79 Å². The number of ether oxygens (including phenoxy) is 1. The Balaban J connectivity index is 1.82. The van der Waals surface area contributed by atoms with Gasteiger partial charge in [-0.15, -0.1) is 0 Å². The molecule has 0 fully saturated rings. The van der Waals surface area contributed by atoms with Crippen LogP contribution in [0.25, 0.3) is 0 Å². The second-order valence-corrected chi connectivity index (χ2v) is 9.28. The Morgan fingerprint density at radius 3 is 2.13 bits per heavy atom. The molecule has 0 aromatic heterocycles. The zero-order chi connectivity index (χ0) is 21.6. The molecule has 0 saturated heterocycles. The van der Waals surface area contributed by atoms with Gasteiger partial charge < -0.3 is 10.1 Å². The predicted molar refractivity (Wildman–Crippen MR) is 121 cm³/mol. The van der Waals surface area contributed by atoms with Crippen LogP contribution in [0, 0.1) is 6.92 Å². The topological polar surface area (TPSA) is 55.4 Å². The number of rotatable bonds is 7. The third kappa shape index (κ3) is 5.16. The van der Waals surface area contributed by atoms with Gasteiger partial charge in [-0.1, -0.05) is 78.4 Å². The van der Waals surface area contributed by atoms with E-state index in [0.717, 1.165) is 21.6 Å². The van der Waals surface area contributed by atoms with Gasteiger partial charge in [-0.05, 0) is 44.0 Å². The number of amides is 1. The highest BCUT2D eigenvalue weighted by Crippen LogP contribution is 2.31. The predicted octanol–water partition coefficient (Wildman–Crippen LogP) is 5.33. The van der Waals surface area contributed by atoms with Crippen molar-refractivity contribution in [3.05, 3.63) is 102 Å². The largest absolute Gasteiger partial charge is 0.445 e. The van der Waals surface area contributed by atoms with E-state index in [4.69, 9.17) is 4.74 Å². The molecule has 3 rings (SSSR count). The molecule has 0 saturated carbocycles.